The summed E-state index contributed by atoms with van der Waals surface area (Å²) in [5.74, 6) is -1.29. The summed E-state index contributed by atoms with van der Waals surface area (Å²) in [4.78, 5) is 7.06. The first-order valence-corrected chi connectivity index (χ1v) is 10.8. The lowest BCUT2D eigenvalue weighted by Crippen LogP contribution is -2.48. The number of benzene rings is 1. The molecule has 1 fully saturated rings. The fraction of sp³-hybridized carbons (Fsp3) is 0.364. The molecule has 6 nitrogen and oxygen atoms in total. The third-order valence-electron chi connectivity index (χ3n) is 4.82. The van der Waals surface area contributed by atoms with Crippen LogP contribution in [-0.4, -0.2) is 51.2 Å². The number of nitrogens with one attached hydrogen (secondary N) is 1. The van der Waals surface area contributed by atoms with Crippen molar-refractivity contribution in [3.05, 3.63) is 54.3 Å². The highest BCUT2D eigenvalue weighted by atomic mass is 32.1. The molecule has 8 heteroatoms. The SMILES string of the molecule is C=C(c1csc(-c2cnn(-c3cccc(OC(C)(C)F)c3)c2)n1)N1CCN[C@@H](C)C1. The lowest BCUT2D eigenvalue weighted by Gasteiger charge is -2.34. The van der Waals surface area contributed by atoms with Gasteiger partial charge in [0.05, 0.1) is 23.3 Å². The van der Waals surface area contributed by atoms with Crippen molar-refractivity contribution in [2.45, 2.75) is 32.7 Å². The fourth-order valence-corrected chi connectivity index (χ4v) is 4.23. The number of alkyl halides is 1. The van der Waals surface area contributed by atoms with Crippen LogP contribution < -0.4 is 10.1 Å². The summed E-state index contributed by atoms with van der Waals surface area (Å²) in [6.07, 6.45) is 3.70. The Bertz CT molecular complexity index is 1040. The quantitative estimate of drug-likeness (QED) is 0.634. The van der Waals surface area contributed by atoms with Crippen molar-refractivity contribution in [1.29, 1.82) is 0 Å². The average molecular weight is 428 g/mol. The molecule has 0 bridgehead atoms. The highest BCUT2D eigenvalue weighted by Crippen LogP contribution is 2.29. The number of piperazine rings is 1. The smallest absolute Gasteiger partial charge is 0.242 e. The van der Waals surface area contributed by atoms with Gasteiger partial charge in [-0.3, -0.25) is 0 Å². The standard InChI is InChI=1S/C22H26FN5OS/c1-15-12-27(9-8-24-15)16(2)20-14-30-21(26-20)17-11-25-28(13-17)18-6-5-7-19(10-18)29-22(3,4)23/h5-7,10-11,13-15,24H,2,8-9,12H2,1,3-4H3/t15-/m0/s1. The Labute approximate surface area is 180 Å². The maximum Gasteiger partial charge on any atom is 0.242 e. The van der Waals surface area contributed by atoms with Crippen LogP contribution in [0.3, 0.4) is 0 Å². The molecule has 1 N–H and O–H groups in total. The predicted octanol–water partition coefficient (Wildman–Crippen LogP) is 4.34. The summed E-state index contributed by atoms with van der Waals surface area (Å²) in [7, 11) is 0. The maximum atomic E-state index is 13.8. The van der Waals surface area contributed by atoms with Gasteiger partial charge in [-0.1, -0.05) is 12.6 Å². The molecule has 0 radical (unpaired) electrons. The van der Waals surface area contributed by atoms with Crippen LogP contribution in [0.25, 0.3) is 22.0 Å². The van der Waals surface area contributed by atoms with Crippen molar-refractivity contribution >= 4 is 17.0 Å². The molecule has 1 saturated heterocycles. The Morgan fingerprint density at radius 2 is 2.23 bits per heavy atom. The first-order chi connectivity index (χ1) is 14.3. The predicted molar refractivity (Wildman–Crippen MR) is 119 cm³/mol. The summed E-state index contributed by atoms with van der Waals surface area (Å²) in [6, 6.07) is 7.64. The van der Waals surface area contributed by atoms with Crippen LogP contribution in [-0.2, 0) is 0 Å². The zero-order chi connectivity index (χ0) is 21.3. The molecule has 0 spiro atoms. The Morgan fingerprint density at radius 1 is 1.40 bits per heavy atom. The van der Waals surface area contributed by atoms with Gasteiger partial charge in [-0.25, -0.2) is 9.67 Å². The highest BCUT2D eigenvalue weighted by Gasteiger charge is 2.20. The van der Waals surface area contributed by atoms with Crippen LogP contribution in [0.1, 0.15) is 26.5 Å². The monoisotopic (exact) mass is 427 g/mol. The van der Waals surface area contributed by atoms with E-state index in [2.05, 4.69) is 28.8 Å². The molecule has 1 atom stereocenters. The van der Waals surface area contributed by atoms with Gasteiger partial charge in [-0.05, 0) is 19.1 Å². The number of nitrogens with zero attached hydrogens (tertiary/aromatic N) is 4. The lowest BCUT2D eigenvalue weighted by molar-refractivity contribution is -0.0257. The van der Waals surface area contributed by atoms with Crippen LogP contribution >= 0.6 is 11.3 Å². The van der Waals surface area contributed by atoms with Crippen LogP contribution in [0.5, 0.6) is 5.75 Å². The van der Waals surface area contributed by atoms with Gasteiger partial charge in [0.15, 0.2) is 0 Å². The van der Waals surface area contributed by atoms with E-state index < -0.39 is 5.85 Å². The number of hydrogen-bond acceptors (Lipinski definition) is 6. The van der Waals surface area contributed by atoms with Gasteiger partial charge in [-0.15, -0.1) is 11.3 Å². The molecule has 4 rings (SSSR count). The van der Waals surface area contributed by atoms with E-state index in [-0.39, 0.29) is 0 Å². The van der Waals surface area contributed by atoms with E-state index in [1.54, 1.807) is 34.3 Å². The number of halogens is 1. The topological polar surface area (TPSA) is 55.2 Å². The Balaban J connectivity index is 1.51. The summed E-state index contributed by atoms with van der Waals surface area (Å²) in [5, 5.41) is 10.8. The minimum Gasteiger partial charge on any atom is -0.458 e. The van der Waals surface area contributed by atoms with Crippen LogP contribution in [0, 0.1) is 0 Å². The average Bonchev–Trinajstić information content (AvgIpc) is 3.36. The van der Waals surface area contributed by atoms with E-state index in [0.29, 0.717) is 11.8 Å². The molecule has 3 heterocycles. The van der Waals surface area contributed by atoms with Gasteiger partial charge >= 0.3 is 0 Å². The molecular weight excluding hydrogens is 401 g/mol. The van der Waals surface area contributed by atoms with E-state index in [1.165, 1.54) is 13.8 Å². The van der Waals surface area contributed by atoms with Gasteiger partial charge in [0.25, 0.3) is 0 Å². The zero-order valence-electron chi connectivity index (χ0n) is 17.4. The van der Waals surface area contributed by atoms with Gasteiger partial charge in [0.1, 0.15) is 10.8 Å². The summed E-state index contributed by atoms with van der Waals surface area (Å²) in [6.45, 7) is 12.0. The van der Waals surface area contributed by atoms with Crippen LogP contribution in [0.15, 0.2) is 48.6 Å². The van der Waals surface area contributed by atoms with Gasteiger partial charge in [0, 0.05) is 62.7 Å². The van der Waals surface area contributed by atoms with E-state index in [4.69, 9.17) is 9.72 Å². The Kier molecular flexibility index (Phi) is 5.62. The third kappa shape index (κ3) is 4.71. The molecule has 0 unspecified atom stereocenters. The van der Waals surface area contributed by atoms with Crippen molar-refractivity contribution in [1.82, 2.24) is 25.0 Å². The number of thiazole rings is 1. The minimum atomic E-state index is -1.74. The van der Waals surface area contributed by atoms with Crippen molar-refractivity contribution in [3.8, 4) is 22.0 Å². The zero-order valence-corrected chi connectivity index (χ0v) is 18.2. The second-order valence-electron chi connectivity index (χ2n) is 7.92. The molecule has 1 aromatic carbocycles. The summed E-state index contributed by atoms with van der Waals surface area (Å²) in [5.41, 5.74) is 3.57. The molecule has 1 aliphatic rings. The molecule has 0 aliphatic carbocycles. The van der Waals surface area contributed by atoms with Crippen molar-refractivity contribution in [2.75, 3.05) is 19.6 Å². The highest BCUT2D eigenvalue weighted by molar-refractivity contribution is 7.13. The molecule has 2 aromatic heterocycles. The minimum absolute atomic E-state index is 0.439. The normalized spacial score (nSPS) is 17.2. The van der Waals surface area contributed by atoms with E-state index >= 15 is 0 Å². The van der Waals surface area contributed by atoms with Crippen LogP contribution in [0.4, 0.5) is 4.39 Å². The summed E-state index contributed by atoms with van der Waals surface area (Å²) < 4.78 is 20.8. The molecular formula is C22H26FN5OS. The molecule has 1 aliphatic heterocycles. The second-order valence-corrected chi connectivity index (χ2v) is 8.78. The van der Waals surface area contributed by atoms with E-state index in [9.17, 15) is 4.39 Å². The fourth-order valence-electron chi connectivity index (χ4n) is 3.42. The van der Waals surface area contributed by atoms with Gasteiger partial charge in [0.2, 0.25) is 5.85 Å². The first-order valence-electron chi connectivity index (χ1n) is 9.95. The lowest BCUT2D eigenvalue weighted by atomic mass is 10.2. The number of hydrogen-bond donors (Lipinski definition) is 1. The van der Waals surface area contributed by atoms with Gasteiger partial charge < -0.3 is 15.0 Å². The third-order valence-corrected chi connectivity index (χ3v) is 5.71. The molecule has 0 saturated carbocycles. The Hall–Kier alpha value is -2.71. The van der Waals surface area contributed by atoms with Crippen LogP contribution in [0.2, 0.25) is 0 Å². The van der Waals surface area contributed by atoms with Crippen molar-refractivity contribution in [3.63, 3.8) is 0 Å². The molecule has 30 heavy (non-hydrogen) atoms. The second kappa shape index (κ2) is 8.20. The van der Waals surface area contributed by atoms with Crippen molar-refractivity contribution in [2.24, 2.45) is 0 Å². The first kappa shape index (κ1) is 20.6. The summed E-state index contributed by atoms with van der Waals surface area (Å²) >= 11 is 1.57. The van der Waals surface area contributed by atoms with Gasteiger partial charge in [-0.2, -0.15) is 9.49 Å². The Morgan fingerprint density at radius 3 is 3.00 bits per heavy atom. The van der Waals surface area contributed by atoms with Crippen molar-refractivity contribution < 1.29 is 9.13 Å². The van der Waals surface area contributed by atoms with E-state index in [0.717, 1.165) is 47.3 Å². The molecule has 0 amide bonds. The number of rotatable bonds is 6. The molecule has 3 aromatic rings. The number of aromatic nitrogens is 3. The maximum absolute atomic E-state index is 13.8. The largest absolute Gasteiger partial charge is 0.458 e. The van der Waals surface area contributed by atoms with E-state index in [1.807, 2.05) is 23.7 Å². The molecule has 158 valence electrons. The number of ether oxygens (including phenoxy) is 1.